The summed E-state index contributed by atoms with van der Waals surface area (Å²) >= 11 is 0. The first-order valence-corrected chi connectivity index (χ1v) is 10.5. The second-order valence-electron chi connectivity index (χ2n) is 6.85. The van der Waals surface area contributed by atoms with E-state index in [4.69, 9.17) is 0 Å². The lowest BCUT2D eigenvalue weighted by Gasteiger charge is -2.28. The highest BCUT2D eigenvalue weighted by Crippen LogP contribution is 2.35. The molecule has 1 aromatic rings. The second-order valence-corrected chi connectivity index (χ2v) is 9.25. The molecule has 3 rings (SSSR count). The van der Waals surface area contributed by atoms with Crippen molar-refractivity contribution >= 4 is 15.5 Å². The number of hydrogen-bond donors (Lipinski definition) is 0. The normalized spacial score (nSPS) is 24.6. The van der Waals surface area contributed by atoms with Gasteiger partial charge in [0.25, 0.3) is 0 Å². The number of hydrogen-bond acceptors (Lipinski definition) is 3. The number of benzene rings is 1. The van der Waals surface area contributed by atoms with Gasteiger partial charge in [-0.05, 0) is 61.3 Å². The third-order valence-electron chi connectivity index (χ3n) is 5.18. The predicted molar refractivity (Wildman–Crippen MR) is 95.7 cm³/mol. The molecule has 1 heterocycles. The molecular formula is C19H24FNO2S. The summed E-state index contributed by atoms with van der Waals surface area (Å²) in [7, 11) is -2.88. The van der Waals surface area contributed by atoms with Crippen molar-refractivity contribution in [2.24, 2.45) is 16.8 Å². The number of sulfone groups is 1. The van der Waals surface area contributed by atoms with E-state index in [-0.39, 0.29) is 11.6 Å². The van der Waals surface area contributed by atoms with Gasteiger partial charge in [-0.3, -0.25) is 4.99 Å². The summed E-state index contributed by atoms with van der Waals surface area (Å²) in [5, 5.41) is 0. The fourth-order valence-electron chi connectivity index (χ4n) is 3.69. The van der Waals surface area contributed by atoms with Gasteiger partial charge in [0.2, 0.25) is 0 Å². The van der Waals surface area contributed by atoms with Gasteiger partial charge in [0, 0.05) is 11.3 Å². The van der Waals surface area contributed by atoms with E-state index in [0.717, 1.165) is 37.0 Å². The van der Waals surface area contributed by atoms with Crippen LogP contribution in [0.3, 0.4) is 0 Å². The average Bonchev–Trinajstić information content (AvgIpc) is 3.05. The maximum atomic E-state index is 13.4. The van der Waals surface area contributed by atoms with Gasteiger partial charge in [0.1, 0.15) is 15.7 Å². The van der Waals surface area contributed by atoms with Crippen LogP contribution in [0.5, 0.6) is 0 Å². The highest BCUT2D eigenvalue weighted by Gasteiger charge is 2.28. The zero-order valence-corrected chi connectivity index (χ0v) is 14.9. The lowest BCUT2D eigenvalue weighted by molar-refractivity contribution is 0.320. The van der Waals surface area contributed by atoms with E-state index in [2.05, 4.69) is 11.1 Å². The molecule has 1 aliphatic carbocycles. The molecule has 0 bridgehead atoms. The van der Waals surface area contributed by atoms with E-state index in [1.807, 2.05) is 6.07 Å². The Labute approximate surface area is 143 Å². The molecule has 130 valence electrons. The van der Waals surface area contributed by atoms with Crippen LogP contribution in [0.15, 0.2) is 40.9 Å². The molecule has 1 fully saturated rings. The Bertz CT molecular complexity index is 759. The van der Waals surface area contributed by atoms with Crippen molar-refractivity contribution in [1.29, 1.82) is 0 Å². The Morgan fingerprint density at radius 3 is 2.62 bits per heavy atom. The van der Waals surface area contributed by atoms with Crippen LogP contribution in [0.2, 0.25) is 0 Å². The van der Waals surface area contributed by atoms with Crippen molar-refractivity contribution in [3.63, 3.8) is 0 Å². The van der Waals surface area contributed by atoms with E-state index >= 15 is 0 Å². The van der Waals surface area contributed by atoms with Gasteiger partial charge in [-0.25, -0.2) is 12.8 Å². The monoisotopic (exact) mass is 349 g/mol. The summed E-state index contributed by atoms with van der Waals surface area (Å²) in [5.41, 5.74) is 3.00. The van der Waals surface area contributed by atoms with Crippen LogP contribution in [-0.2, 0) is 9.84 Å². The fraction of sp³-hybridized carbons (Fsp3) is 0.526. The summed E-state index contributed by atoms with van der Waals surface area (Å²) in [5.74, 6) is 1.12. The minimum atomic E-state index is -2.88. The highest BCUT2D eigenvalue weighted by molar-refractivity contribution is 7.91. The van der Waals surface area contributed by atoms with Crippen molar-refractivity contribution in [1.82, 2.24) is 0 Å². The Balaban J connectivity index is 1.59. The van der Waals surface area contributed by atoms with Gasteiger partial charge in [0.15, 0.2) is 0 Å². The summed E-state index contributed by atoms with van der Waals surface area (Å²) in [6.45, 7) is 2.41. The van der Waals surface area contributed by atoms with Gasteiger partial charge >= 0.3 is 0 Å². The molecule has 0 N–H and O–H groups in total. The van der Waals surface area contributed by atoms with Gasteiger partial charge < -0.3 is 0 Å². The summed E-state index contributed by atoms with van der Waals surface area (Å²) in [6.07, 6.45) is 6.10. The van der Waals surface area contributed by atoms with Crippen LogP contribution in [0.25, 0.3) is 0 Å². The van der Waals surface area contributed by atoms with Crippen molar-refractivity contribution < 1.29 is 12.8 Å². The van der Waals surface area contributed by atoms with Crippen LogP contribution in [-0.4, -0.2) is 32.2 Å². The largest absolute Gasteiger partial charge is 0.280 e. The van der Waals surface area contributed by atoms with E-state index in [1.165, 1.54) is 17.7 Å². The molecule has 2 aliphatic rings. The van der Waals surface area contributed by atoms with E-state index in [9.17, 15) is 12.8 Å². The number of nitrogens with zero attached hydrogens (tertiary/aromatic N) is 1. The van der Waals surface area contributed by atoms with Gasteiger partial charge in [-0.2, -0.15) is 0 Å². The Morgan fingerprint density at radius 1 is 1.21 bits per heavy atom. The molecule has 0 radical (unpaired) electrons. The lowest BCUT2D eigenvalue weighted by Crippen LogP contribution is -2.24. The third kappa shape index (κ3) is 4.12. The van der Waals surface area contributed by atoms with Crippen molar-refractivity contribution in [2.45, 2.75) is 32.6 Å². The third-order valence-corrected chi connectivity index (χ3v) is 7.03. The van der Waals surface area contributed by atoms with Gasteiger partial charge in [-0.15, -0.1) is 0 Å². The first-order valence-electron chi connectivity index (χ1n) is 8.68. The molecule has 1 saturated carbocycles. The Hall–Kier alpha value is -1.49. The van der Waals surface area contributed by atoms with E-state index in [0.29, 0.717) is 24.1 Å². The lowest BCUT2D eigenvalue weighted by atomic mass is 9.79. The van der Waals surface area contributed by atoms with Crippen LogP contribution in [0.4, 0.5) is 4.39 Å². The average molecular weight is 349 g/mol. The van der Waals surface area contributed by atoms with E-state index < -0.39 is 9.84 Å². The number of aliphatic imine (C=N–C) groups is 1. The molecule has 1 aliphatic heterocycles. The minimum Gasteiger partial charge on any atom is -0.280 e. The van der Waals surface area contributed by atoms with Gasteiger partial charge in [0.05, 0.1) is 18.0 Å². The summed E-state index contributed by atoms with van der Waals surface area (Å²) in [4.78, 5) is 4.56. The Morgan fingerprint density at radius 2 is 1.96 bits per heavy atom. The summed E-state index contributed by atoms with van der Waals surface area (Å²) in [6, 6.07) is 6.55. The van der Waals surface area contributed by atoms with Crippen LogP contribution in [0, 0.1) is 17.7 Å². The Kier molecular flexibility index (Phi) is 5.18. The quantitative estimate of drug-likeness (QED) is 0.812. The molecule has 24 heavy (non-hydrogen) atoms. The molecule has 0 saturated heterocycles. The molecule has 1 aromatic carbocycles. The maximum Gasteiger partial charge on any atom is 0.150 e. The maximum absolute atomic E-state index is 13.4. The molecule has 5 heteroatoms. The molecule has 0 unspecified atom stereocenters. The molecular weight excluding hydrogens is 325 g/mol. The number of rotatable bonds is 5. The number of allylic oxidation sites excluding steroid dienone is 1. The molecule has 0 spiro atoms. The van der Waals surface area contributed by atoms with Crippen molar-refractivity contribution in [2.75, 3.05) is 18.1 Å². The molecule has 0 aromatic heterocycles. The highest BCUT2D eigenvalue weighted by atomic mass is 32.2. The molecule has 3 nitrogen and oxygen atoms in total. The molecule has 0 amide bonds. The van der Waals surface area contributed by atoms with Crippen molar-refractivity contribution in [3.05, 3.63) is 47.3 Å². The smallest absolute Gasteiger partial charge is 0.150 e. The van der Waals surface area contributed by atoms with Crippen molar-refractivity contribution in [3.8, 4) is 0 Å². The zero-order chi connectivity index (χ0) is 17.2. The van der Waals surface area contributed by atoms with Crippen LogP contribution in [0.1, 0.15) is 38.2 Å². The minimum absolute atomic E-state index is 0.239. The topological polar surface area (TPSA) is 46.5 Å². The fourth-order valence-corrected chi connectivity index (χ4v) is 4.98. The van der Waals surface area contributed by atoms with E-state index in [1.54, 1.807) is 13.0 Å². The van der Waals surface area contributed by atoms with Crippen LogP contribution < -0.4 is 0 Å². The zero-order valence-electron chi connectivity index (χ0n) is 14.0. The predicted octanol–water partition coefficient (Wildman–Crippen LogP) is 3.80. The standard InChI is InChI=1S/C19H24FNO2S/c1-2-24(22,23)13-14-6-8-15(9-7-14)17-11-19(21-12-17)16-4-3-5-18(20)10-16/h3-5,10-11,14-15H,2,6-9,12-13H2,1H3. The first kappa shape index (κ1) is 17.3. The number of halogens is 1. The first-order chi connectivity index (χ1) is 11.5. The second kappa shape index (κ2) is 7.18. The van der Waals surface area contributed by atoms with Crippen LogP contribution >= 0.6 is 0 Å². The van der Waals surface area contributed by atoms with Gasteiger partial charge in [-0.1, -0.05) is 19.1 Å². The SMILES string of the molecule is CCS(=O)(=O)CC1CCC(C2=CC(c3cccc(F)c3)=NC2)CC1. The molecule has 0 atom stereocenters. The summed E-state index contributed by atoms with van der Waals surface area (Å²) < 4.78 is 36.9.